The lowest BCUT2D eigenvalue weighted by Crippen LogP contribution is -2.34. The smallest absolute Gasteiger partial charge is 0.337 e. The van der Waals surface area contributed by atoms with Crippen LogP contribution in [0.4, 0.5) is 5.69 Å². The van der Waals surface area contributed by atoms with Gasteiger partial charge in [-0.1, -0.05) is 42.0 Å². The maximum atomic E-state index is 11.2. The van der Waals surface area contributed by atoms with Crippen LogP contribution in [0.1, 0.15) is 40.2 Å². The number of aromatic carboxylic acids is 1. The molecule has 3 rings (SSSR count). The quantitative estimate of drug-likeness (QED) is 0.888. The fraction of sp³-hybridized carbons (Fsp3) is 0.278. The molecule has 3 heteroatoms. The van der Waals surface area contributed by atoms with E-state index in [2.05, 4.69) is 36.5 Å². The predicted octanol–water partition coefficient (Wildman–Crippen LogP) is 4.05. The van der Waals surface area contributed by atoms with Crippen molar-refractivity contribution in [1.29, 1.82) is 0 Å². The summed E-state index contributed by atoms with van der Waals surface area (Å²) in [5.74, 6) is -0.299. The maximum Gasteiger partial charge on any atom is 0.337 e. The third-order valence-corrected chi connectivity index (χ3v) is 4.17. The molecule has 3 nitrogen and oxygen atoms in total. The number of aryl methyl sites for hydroxylation is 1. The first-order valence-electron chi connectivity index (χ1n) is 7.29. The van der Waals surface area contributed by atoms with Gasteiger partial charge in [-0.25, -0.2) is 4.79 Å². The molecule has 2 aromatic carbocycles. The zero-order valence-corrected chi connectivity index (χ0v) is 12.0. The molecule has 1 saturated carbocycles. The molecule has 0 bridgehead atoms. The molecule has 0 spiro atoms. The molecule has 1 fully saturated rings. The molecule has 0 radical (unpaired) electrons. The second-order valence-electron chi connectivity index (χ2n) is 5.77. The van der Waals surface area contributed by atoms with Crippen LogP contribution < -0.4 is 5.32 Å². The van der Waals surface area contributed by atoms with Crippen LogP contribution >= 0.6 is 0 Å². The van der Waals surface area contributed by atoms with Crippen LogP contribution in [0.3, 0.4) is 0 Å². The van der Waals surface area contributed by atoms with Gasteiger partial charge < -0.3 is 10.4 Å². The maximum absolute atomic E-state index is 11.2. The third kappa shape index (κ3) is 2.92. The zero-order valence-electron chi connectivity index (χ0n) is 12.0. The summed E-state index contributed by atoms with van der Waals surface area (Å²) in [6.07, 6.45) is 2.11. The molecule has 1 aliphatic carbocycles. The van der Waals surface area contributed by atoms with E-state index in [-0.39, 0.29) is 0 Å². The van der Waals surface area contributed by atoms with Crippen molar-refractivity contribution in [3.05, 3.63) is 65.2 Å². The molecule has 0 amide bonds. The lowest BCUT2D eigenvalue weighted by Gasteiger charge is -2.37. The normalized spacial score (nSPS) is 20.6. The Morgan fingerprint density at radius 3 is 2.62 bits per heavy atom. The van der Waals surface area contributed by atoms with E-state index in [0.717, 1.165) is 18.5 Å². The van der Waals surface area contributed by atoms with E-state index in [9.17, 15) is 9.90 Å². The summed E-state index contributed by atoms with van der Waals surface area (Å²) in [7, 11) is 0. The van der Waals surface area contributed by atoms with Gasteiger partial charge in [0.1, 0.15) is 0 Å². The van der Waals surface area contributed by atoms with E-state index in [0.29, 0.717) is 17.5 Å². The van der Waals surface area contributed by atoms with Crippen molar-refractivity contribution in [2.24, 2.45) is 0 Å². The lowest BCUT2D eigenvalue weighted by molar-refractivity contribution is 0.0698. The number of rotatable bonds is 4. The monoisotopic (exact) mass is 281 g/mol. The molecule has 0 saturated heterocycles. The van der Waals surface area contributed by atoms with E-state index in [1.54, 1.807) is 12.1 Å². The highest BCUT2D eigenvalue weighted by atomic mass is 16.4. The van der Waals surface area contributed by atoms with Gasteiger partial charge in [0.25, 0.3) is 0 Å². The first kappa shape index (κ1) is 13.7. The number of carboxylic acids is 1. The Labute approximate surface area is 124 Å². The van der Waals surface area contributed by atoms with E-state index in [1.165, 1.54) is 11.1 Å². The standard InChI is InChI=1S/C18H19NO2/c1-12-5-4-6-13(9-12)14-10-15(11-14)19-17-8-3-2-7-16(17)18(20)21/h2-9,14-15,19H,10-11H2,1H3,(H,20,21). The van der Waals surface area contributed by atoms with Gasteiger partial charge in [0.2, 0.25) is 0 Å². The van der Waals surface area contributed by atoms with Crippen molar-refractivity contribution in [1.82, 2.24) is 0 Å². The lowest BCUT2D eigenvalue weighted by atomic mass is 9.75. The van der Waals surface area contributed by atoms with E-state index in [1.807, 2.05) is 12.1 Å². The molecule has 0 aromatic heterocycles. The van der Waals surface area contributed by atoms with Gasteiger partial charge in [0, 0.05) is 11.7 Å². The second-order valence-corrected chi connectivity index (χ2v) is 5.77. The van der Waals surface area contributed by atoms with E-state index >= 15 is 0 Å². The molecule has 0 atom stereocenters. The molecular weight excluding hydrogens is 262 g/mol. The topological polar surface area (TPSA) is 49.3 Å². The van der Waals surface area contributed by atoms with Gasteiger partial charge in [-0.05, 0) is 43.4 Å². The minimum absolute atomic E-state index is 0.344. The SMILES string of the molecule is Cc1cccc(C2CC(Nc3ccccc3C(=O)O)C2)c1. The Morgan fingerprint density at radius 2 is 1.90 bits per heavy atom. The minimum Gasteiger partial charge on any atom is -0.478 e. The average Bonchev–Trinajstić information content (AvgIpc) is 2.42. The van der Waals surface area contributed by atoms with Crippen LogP contribution in [0.15, 0.2) is 48.5 Å². The molecule has 0 aliphatic heterocycles. The van der Waals surface area contributed by atoms with Crippen molar-refractivity contribution in [2.75, 3.05) is 5.32 Å². The van der Waals surface area contributed by atoms with Gasteiger partial charge in [-0.3, -0.25) is 0 Å². The highest BCUT2D eigenvalue weighted by Crippen LogP contribution is 2.39. The number of anilines is 1. The largest absolute Gasteiger partial charge is 0.478 e. The number of hydrogen-bond acceptors (Lipinski definition) is 2. The fourth-order valence-electron chi connectivity index (χ4n) is 2.95. The van der Waals surface area contributed by atoms with Crippen molar-refractivity contribution in [2.45, 2.75) is 31.7 Å². The second kappa shape index (κ2) is 5.60. The third-order valence-electron chi connectivity index (χ3n) is 4.17. The summed E-state index contributed by atoms with van der Waals surface area (Å²) >= 11 is 0. The van der Waals surface area contributed by atoms with Gasteiger partial charge in [0.05, 0.1) is 5.56 Å². The molecule has 2 aromatic rings. The fourth-order valence-corrected chi connectivity index (χ4v) is 2.95. The van der Waals surface area contributed by atoms with Crippen LogP contribution in [0.5, 0.6) is 0 Å². The Bertz CT molecular complexity index is 660. The summed E-state index contributed by atoms with van der Waals surface area (Å²) in [5, 5.41) is 12.6. The minimum atomic E-state index is -0.882. The van der Waals surface area contributed by atoms with Crippen LogP contribution in [-0.4, -0.2) is 17.1 Å². The number of benzene rings is 2. The number of carboxylic acid groups (broad SMARTS) is 1. The van der Waals surface area contributed by atoms with Crippen LogP contribution in [-0.2, 0) is 0 Å². The summed E-state index contributed by atoms with van der Waals surface area (Å²) in [4.78, 5) is 11.2. The van der Waals surface area contributed by atoms with E-state index < -0.39 is 5.97 Å². The first-order chi connectivity index (χ1) is 10.1. The van der Waals surface area contributed by atoms with Gasteiger partial charge in [-0.15, -0.1) is 0 Å². The van der Waals surface area contributed by atoms with Gasteiger partial charge in [0.15, 0.2) is 0 Å². The average molecular weight is 281 g/mol. The molecule has 0 unspecified atom stereocenters. The van der Waals surface area contributed by atoms with Crippen molar-refractivity contribution in [3.63, 3.8) is 0 Å². The molecule has 108 valence electrons. The molecule has 1 aliphatic rings. The summed E-state index contributed by atoms with van der Waals surface area (Å²) < 4.78 is 0. The van der Waals surface area contributed by atoms with E-state index in [4.69, 9.17) is 0 Å². The van der Waals surface area contributed by atoms with Crippen LogP contribution in [0.2, 0.25) is 0 Å². The van der Waals surface area contributed by atoms with Crippen LogP contribution in [0, 0.1) is 6.92 Å². The first-order valence-corrected chi connectivity index (χ1v) is 7.29. The Balaban J connectivity index is 1.64. The highest BCUT2D eigenvalue weighted by molar-refractivity contribution is 5.94. The zero-order chi connectivity index (χ0) is 14.8. The summed E-state index contributed by atoms with van der Waals surface area (Å²) in [6, 6.07) is 16.1. The molecule has 0 heterocycles. The van der Waals surface area contributed by atoms with Crippen molar-refractivity contribution in [3.8, 4) is 0 Å². The summed E-state index contributed by atoms with van der Waals surface area (Å²) in [5.41, 5.74) is 3.74. The van der Waals surface area contributed by atoms with Gasteiger partial charge >= 0.3 is 5.97 Å². The summed E-state index contributed by atoms with van der Waals surface area (Å²) in [6.45, 7) is 2.11. The number of para-hydroxylation sites is 1. The number of nitrogens with one attached hydrogen (secondary N) is 1. The predicted molar refractivity (Wildman–Crippen MR) is 84.0 cm³/mol. The Morgan fingerprint density at radius 1 is 1.14 bits per heavy atom. The van der Waals surface area contributed by atoms with Crippen molar-refractivity contribution < 1.29 is 9.90 Å². The van der Waals surface area contributed by atoms with Gasteiger partial charge in [-0.2, -0.15) is 0 Å². The Kier molecular flexibility index (Phi) is 3.65. The molecular formula is C18H19NO2. The Hall–Kier alpha value is -2.29. The number of carbonyl (C=O) groups is 1. The van der Waals surface area contributed by atoms with Crippen molar-refractivity contribution >= 4 is 11.7 Å². The molecule has 21 heavy (non-hydrogen) atoms. The number of hydrogen-bond donors (Lipinski definition) is 2. The highest BCUT2D eigenvalue weighted by Gasteiger charge is 2.30. The molecule has 2 N–H and O–H groups in total. The van der Waals surface area contributed by atoms with Crippen LogP contribution in [0.25, 0.3) is 0 Å².